The molecule has 3 aromatic rings. The highest BCUT2D eigenvalue weighted by Crippen LogP contribution is 2.43. The van der Waals surface area contributed by atoms with Gasteiger partial charge in [-0.1, -0.05) is 48.0 Å². The van der Waals surface area contributed by atoms with Crippen molar-refractivity contribution in [3.8, 4) is 0 Å². The van der Waals surface area contributed by atoms with Gasteiger partial charge >= 0.3 is 0 Å². The Morgan fingerprint density at radius 2 is 1.77 bits per heavy atom. The molecule has 0 saturated carbocycles. The number of hydrazone groups is 1. The van der Waals surface area contributed by atoms with E-state index >= 15 is 0 Å². The second-order valence-corrected chi connectivity index (χ2v) is 8.39. The molecule has 3 aromatic carbocycles. The molecule has 2 unspecified atom stereocenters. The Morgan fingerprint density at radius 3 is 2.53 bits per heavy atom. The van der Waals surface area contributed by atoms with Crippen molar-refractivity contribution < 1.29 is 4.39 Å². The maximum atomic E-state index is 13.6. The second kappa shape index (κ2) is 7.82. The van der Waals surface area contributed by atoms with Crippen LogP contribution in [0.1, 0.15) is 29.2 Å². The summed E-state index contributed by atoms with van der Waals surface area (Å²) in [7, 11) is 0. The van der Waals surface area contributed by atoms with Crippen molar-refractivity contribution in [1.82, 2.24) is 5.01 Å². The molecule has 3 nitrogen and oxygen atoms in total. The minimum Gasteiger partial charge on any atom is -0.331 e. The topological polar surface area (TPSA) is 27.6 Å². The van der Waals surface area contributed by atoms with Gasteiger partial charge in [-0.05, 0) is 72.6 Å². The minimum absolute atomic E-state index is 0.0822. The van der Waals surface area contributed by atoms with E-state index in [0.717, 1.165) is 29.8 Å². The summed E-state index contributed by atoms with van der Waals surface area (Å²) < 4.78 is 13.6. The van der Waals surface area contributed by atoms with Crippen LogP contribution in [0.25, 0.3) is 0 Å². The molecular formula is C24H19ClFN3S. The Balaban J connectivity index is 1.53. The predicted octanol–water partition coefficient (Wildman–Crippen LogP) is 6.20. The average Bonchev–Trinajstić information content (AvgIpc) is 3.16. The first-order valence-corrected chi connectivity index (χ1v) is 10.7. The summed E-state index contributed by atoms with van der Waals surface area (Å²) in [5.74, 6) is -0.0596. The molecule has 30 heavy (non-hydrogen) atoms. The first kappa shape index (κ1) is 19.2. The number of fused-ring (bicyclic) bond motifs is 3. The zero-order valence-corrected chi connectivity index (χ0v) is 17.6. The largest absolute Gasteiger partial charge is 0.331 e. The molecule has 2 aliphatic rings. The van der Waals surface area contributed by atoms with E-state index < -0.39 is 0 Å². The third-order valence-electron chi connectivity index (χ3n) is 5.74. The van der Waals surface area contributed by atoms with Crippen LogP contribution in [0.4, 0.5) is 10.1 Å². The maximum Gasteiger partial charge on any atom is 0.194 e. The number of anilines is 1. The lowest BCUT2D eigenvalue weighted by atomic mass is 9.77. The van der Waals surface area contributed by atoms with Crippen molar-refractivity contribution in [1.29, 1.82) is 0 Å². The number of nitrogens with one attached hydrogen (secondary N) is 1. The highest BCUT2D eigenvalue weighted by Gasteiger charge is 2.42. The SMILES string of the molecule is Fc1ccc(C2C3CCc4ccccc4C3=NN2C(=S)Nc2ccc(Cl)cc2)cc1. The number of thiocarbonyl (C=S) groups is 1. The Bertz CT molecular complexity index is 1130. The molecule has 5 rings (SSSR count). The van der Waals surface area contributed by atoms with Gasteiger partial charge in [-0.2, -0.15) is 5.10 Å². The number of halogens is 2. The number of nitrogens with zero attached hydrogens (tertiary/aromatic N) is 2. The zero-order chi connectivity index (χ0) is 20.7. The monoisotopic (exact) mass is 435 g/mol. The fourth-order valence-electron chi connectivity index (χ4n) is 4.34. The lowest BCUT2D eigenvalue weighted by molar-refractivity contribution is 0.311. The van der Waals surface area contributed by atoms with Gasteiger partial charge in [-0.3, -0.25) is 0 Å². The summed E-state index contributed by atoms with van der Waals surface area (Å²) in [5.41, 5.74) is 5.38. The Morgan fingerprint density at radius 1 is 1.03 bits per heavy atom. The molecule has 0 bridgehead atoms. The van der Waals surface area contributed by atoms with Gasteiger partial charge in [0.05, 0.1) is 11.8 Å². The number of rotatable bonds is 2. The van der Waals surface area contributed by atoms with Gasteiger partial charge < -0.3 is 5.32 Å². The molecule has 1 aliphatic carbocycles. The molecular weight excluding hydrogens is 417 g/mol. The van der Waals surface area contributed by atoms with Crippen LogP contribution < -0.4 is 5.32 Å². The molecule has 6 heteroatoms. The summed E-state index contributed by atoms with van der Waals surface area (Å²) in [6, 6.07) is 22.4. The number of aryl methyl sites for hydroxylation is 1. The van der Waals surface area contributed by atoms with Crippen molar-refractivity contribution in [2.45, 2.75) is 18.9 Å². The van der Waals surface area contributed by atoms with E-state index in [0.29, 0.717) is 10.1 Å². The molecule has 0 saturated heterocycles. The Labute approximate surface area is 185 Å². The van der Waals surface area contributed by atoms with E-state index in [9.17, 15) is 4.39 Å². The summed E-state index contributed by atoms with van der Waals surface area (Å²) in [4.78, 5) is 0. The average molecular weight is 436 g/mol. The van der Waals surface area contributed by atoms with E-state index in [1.807, 2.05) is 47.5 Å². The first-order chi connectivity index (χ1) is 14.6. The normalized spacial score (nSPS) is 19.7. The summed E-state index contributed by atoms with van der Waals surface area (Å²) >= 11 is 11.8. The summed E-state index contributed by atoms with van der Waals surface area (Å²) in [5, 5.41) is 11.3. The molecule has 0 aromatic heterocycles. The van der Waals surface area contributed by atoms with Gasteiger partial charge in [0.25, 0.3) is 0 Å². The molecule has 0 fully saturated rings. The van der Waals surface area contributed by atoms with Crippen molar-refractivity contribution in [2.75, 3.05) is 5.32 Å². The van der Waals surface area contributed by atoms with Crippen LogP contribution in [0.2, 0.25) is 5.02 Å². The molecule has 150 valence electrons. The van der Waals surface area contributed by atoms with Crippen LogP contribution in [-0.4, -0.2) is 15.8 Å². The Kier molecular flexibility index (Phi) is 5.01. The third kappa shape index (κ3) is 3.48. The lowest BCUT2D eigenvalue weighted by Gasteiger charge is -2.30. The maximum absolute atomic E-state index is 13.6. The molecule has 0 amide bonds. The number of benzene rings is 3. The van der Waals surface area contributed by atoms with Crippen LogP contribution in [0, 0.1) is 11.7 Å². The van der Waals surface area contributed by atoms with Gasteiger partial charge in [0.1, 0.15) is 5.82 Å². The molecule has 1 aliphatic heterocycles. The smallest absolute Gasteiger partial charge is 0.194 e. The van der Waals surface area contributed by atoms with Gasteiger partial charge in [0.15, 0.2) is 5.11 Å². The summed E-state index contributed by atoms with van der Waals surface area (Å²) in [6.07, 6.45) is 1.96. The fourth-order valence-corrected chi connectivity index (χ4v) is 4.74. The fraction of sp³-hybridized carbons (Fsp3) is 0.167. The van der Waals surface area contributed by atoms with Crippen molar-refractivity contribution in [3.05, 3.63) is 100 Å². The minimum atomic E-state index is -0.250. The van der Waals surface area contributed by atoms with Crippen LogP contribution in [0.5, 0.6) is 0 Å². The van der Waals surface area contributed by atoms with E-state index in [4.69, 9.17) is 28.9 Å². The van der Waals surface area contributed by atoms with Gasteiger partial charge in [-0.15, -0.1) is 0 Å². The van der Waals surface area contributed by atoms with Crippen molar-refractivity contribution in [3.63, 3.8) is 0 Å². The molecule has 2 atom stereocenters. The van der Waals surface area contributed by atoms with Crippen LogP contribution in [0.15, 0.2) is 77.9 Å². The van der Waals surface area contributed by atoms with E-state index in [2.05, 4.69) is 23.5 Å². The van der Waals surface area contributed by atoms with Crippen LogP contribution >= 0.6 is 23.8 Å². The molecule has 1 heterocycles. The van der Waals surface area contributed by atoms with Crippen molar-refractivity contribution in [2.24, 2.45) is 11.0 Å². The van der Waals surface area contributed by atoms with E-state index in [1.54, 1.807) is 0 Å². The van der Waals surface area contributed by atoms with Gasteiger partial charge in [0.2, 0.25) is 0 Å². The summed E-state index contributed by atoms with van der Waals surface area (Å²) in [6.45, 7) is 0. The lowest BCUT2D eigenvalue weighted by Crippen LogP contribution is -2.34. The highest BCUT2D eigenvalue weighted by atomic mass is 35.5. The van der Waals surface area contributed by atoms with Gasteiger partial charge in [-0.25, -0.2) is 9.40 Å². The second-order valence-electron chi connectivity index (χ2n) is 7.57. The molecule has 0 radical (unpaired) electrons. The first-order valence-electron chi connectivity index (χ1n) is 9.88. The quantitative estimate of drug-likeness (QED) is 0.485. The van der Waals surface area contributed by atoms with Gasteiger partial charge in [0, 0.05) is 22.2 Å². The number of hydrogen-bond donors (Lipinski definition) is 1. The molecule has 1 N–H and O–H groups in total. The standard InChI is InChI=1S/C24H19ClFN3S/c25-17-8-12-19(13-9-17)27-24(30)29-23(16-5-10-18(26)11-6-16)21-14-7-15-3-1-2-4-20(15)22(21)28-29/h1-6,8-13,21,23H,7,14H2,(H,27,30). The van der Waals surface area contributed by atoms with E-state index in [1.165, 1.54) is 23.3 Å². The van der Waals surface area contributed by atoms with Crippen molar-refractivity contribution >= 4 is 40.3 Å². The highest BCUT2D eigenvalue weighted by molar-refractivity contribution is 7.80. The zero-order valence-electron chi connectivity index (χ0n) is 16.1. The molecule has 0 spiro atoms. The van der Waals surface area contributed by atoms with Crippen LogP contribution in [-0.2, 0) is 6.42 Å². The number of hydrogen-bond acceptors (Lipinski definition) is 2. The van der Waals surface area contributed by atoms with Crippen LogP contribution in [0.3, 0.4) is 0 Å². The Hall–Kier alpha value is -2.76. The van der Waals surface area contributed by atoms with E-state index in [-0.39, 0.29) is 17.8 Å². The third-order valence-corrected chi connectivity index (χ3v) is 6.29. The predicted molar refractivity (Wildman–Crippen MR) is 123 cm³/mol.